The molecule has 2 aromatic rings. The van der Waals surface area contributed by atoms with E-state index in [2.05, 4.69) is 4.90 Å². The minimum absolute atomic E-state index is 0.00734. The molecule has 1 aliphatic heterocycles. The fourth-order valence-corrected chi connectivity index (χ4v) is 3.28. The summed E-state index contributed by atoms with van der Waals surface area (Å²) in [4.78, 5) is 27.8. The molecule has 0 N–H and O–H groups in total. The van der Waals surface area contributed by atoms with Crippen LogP contribution < -0.4 is 9.47 Å². The third kappa shape index (κ3) is 3.98. The molecule has 6 heteroatoms. The Bertz CT molecular complexity index is 900. The van der Waals surface area contributed by atoms with Crippen molar-refractivity contribution in [1.82, 2.24) is 4.90 Å². The summed E-state index contributed by atoms with van der Waals surface area (Å²) in [5, 5.41) is 0. The Morgan fingerprint density at radius 1 is 0.964 bits per heavy atom. The number of hydrogen-bond donors (Lipinski definition) is 0. The van der Waals surface area contributed by atoms with Crippen LogP contribution >= 0.6 is 0 Å². The third-order valence-electron chi connectivity index (χ3n) is 4.74. The van der Waals surface area contributed by atoms with Crippen LogP contribution in [0.1, 0.15) is 20.7 Å². The van der Waals surface area contributed by atoms with Gasteiger partial charge in [-0.2, -0.15) is 0 Å². The summed E-state index contributed by atoms with van der Waals surface area (Å²) in [5.41, 5.74) is 0.609. The molecule has 144 valence electrons. The van der Waals surface area contributed by atoms with Crippen LogP contribution in [0.15, 0.2) is 60.4 Å². The van der Waals surface area contributed by atoms with Gasteiger partial charge in [0.1, 0.15) is 18.1 Å². The van der Waals surface area contributed by atoms with Crippen LogP contribution in [0.2, 0.25) is 0 Å². The summed E-state index contributed by atoms with van der Waals surface area (Å²) < 4.78 is 16.9. The van der Waals surface area contributed by atoms with Gasteiger partial charge in [0.2, 0.25) is 5.78 Å². The van der Waals surface area contributed by atoms with Crippen LogP contribution in [0.3, 0.4) is 0 Å². The van der Waals surface area contributed by atoms with E-state index in [-0.39, 0.29) is 22.9 Å². The van der Waals surface area contributed by atoms with Gasteiger partial charge in [-0.15, -0.1) is 0 Å². The molecule has 1 fully saturated rings. The molecule has 0 radical (unpaired) electrons. The number of allylic oxidation sites excluding steroid dienone is 2. The zero-order valence-corrected chi connectivity index (χ0v) is 15.4. The molecule has 28 heavy (non-hydrogen) atoms. The number of para-hydroxylation sites is 1. The fourth-order valence-electron chi connectivity index (χ4n) is 3.28. The highest BCUT2D eigenvalue weighted by Gasteiger charge is 2.30. The molecule has 2 aromatic carbocycles. The third-order valence-corrected chi connectivity index (χ3v) is 4.74. The molecule has 0 saturated carbocycles. The Hall–Kier alpha value is -2.96. The Balaban J connectivity index is 1.51. The van der Waals surface area contributed by atoms with E-state index < -0.39 is 0 Å². The van der Waals surface area contributed by atoms with E-state index in [0.29, 0.717) is 23.7 Å². The minimum Gasteiger partial charge on any atom is -0.491 e. The lowest BCUT2D eigenvalue weighted by atomic mass is 9.92. The zero-order valence-electron chi connectivity index (χ0n) is 15.4. The second-order valence-corrected chi connectivity index (χ2v) is 6.60. The smallest absolute Gasteiger partial charge is 0.232 e. The predicted octanol–water partition coefficient (Wildman–Crippen LogP) is 2.74. The number of benzene rings is 2. The Labute approximate surface area is 163 Å². The first-order valence-corrected chi connectivity index (χ1v) is 9.32. The number of carbonyl (C=O) groups is 2. The standard InChI is InChI=1S/C22H21NO5/c24-18-15-20(28-16-5-2-1-3-6-16)22(25)21-17(18)7-4-8-19(21)27-14-11-23-9-12-26-13-10-23/h1-8,15H,9-14H2. The molecule has 0 bridgehead atoms. The van der Waals surface area contributed by atoms with Gasteiger partial charge in [0, 0.05) is 31.3 Å². The summed E-state index contributed by atoms with van der Waals surface area (Å²) in [5.74, 6) is 0.308. The monoisotopic (exact) mass is 379 g/mol. The van der Waals surface area contributed by atoms with Gasteiger partial charge in [-0.3, -0.25) is 14.5 Å². The maximum atomic E-state index is 13.0. The van der Waals surface area contributed by atoms with Gasteiger partial charge in [-0.25, -0.2) is 0 Å². The number of fused-ring (bicyclic) bond motifs is 1. The quantitative estimate of drug-likeness (QED) is 0.769. The van der Waals surface area contributed by atoms with E-state index in [1.165, 1.54) is 6.08 Å². The summed E-state index contributed by atoms with van der Waals surface area (Å²) >= 11 is 0. The Morgan fingerprint density at radius 3 is 2.54 bits per heavy atom. The number of hydrogen-bond acceptors (Lipinski definition) is 6. The maximum Gasteiger partial charge on any atom is 0.232 e. The van der Waals surface area contributed by atoms with Crippen molar-refractivity contribution in [2.24, 2.45) is 0 Å². The largest absolute Gasteiger partial charge is 0.491 e. The van der Waals surface area contributed by atoms with E-state index in [1.54, 1.807) is 42.5 Å². The molecular formula is C22H21NO5. The molecule has 2 aliphatic rings. The number of ether oxygens (including phenoxy) is 3. The summed E-state index contributed by atoms with van der Waals surface area (Å²) in [6.07, 6.45) is 1.25. The molecule has 0 unspecified atom stereocenters. The van der Waals surface area contributed by atoms with E-state index in [0.717, 1.165) is 32.8 Å². The minimum atomic E-state index is -0.347. The van der Waals surface area contributed by atoms with Crippen molar-refractivity contribution >= 4 is 11.6 Å². The lowest BCUT2D eigenvalue weighted by Crippen LogP contribution is -2.38. The van der Waals surface area contributed by atoms with E-state index >= 15 is 0 Å². The Morgan fingerprint density at radius 2 is 1.75 bits per heavy atom. The van der Waals surface area contributed by atoms with Gasteiger partial charge < -0.3 is 14.2 Å². The molecule has 4 rings (SSSR count). The van der Waals surface area contributed by atoms with Crippen LogP contribution in [0.25, 0.3) is 0 Å². The van der Waals surface area contributed by atoms with Crippen molar-refractivity contribution in [1.29, 1.82) is 0 Å². The second kappa shape index (κ2) is 8.37. The summed E-state index contributed by atoms with van der Waals surface area (Å²) in [6, 6.07) is 14.0. The van der Waals surface area contributed by atoms with Crippen molar-refractivity contribution in [2.75, 3.05) is 39.5 Å². The number of Topliss-reactive ketones (excluding diaryl/α,β-unsaturated/α-hetero) is 1. The lowest BCUT2D eigenvalue weighted by molar-refractivity contribution is 0.0322. The average molecular weight is 379 g/mol. The summed E-state index contributed by atoms with van der Waals surface area (Å²) in [7, 11) is 0. The van der Waals surface area contributed by atoms with Gasteiger partial charge >= 0.3 is 0 Å². The molecule has 6 nitrogen and oxygen atoms in total. The van der Waals surface area contributed by atoms with Crippen LogP contribution in [-0.2, 0) is 4.74 Å². The molecular weight excluding hydrogens is 358 g/mol. The molecule has 0 atom stereocenters. The topological polar surface area (TPSA) is 65.1 Å². The fraction of sp³-hybridized carbons (Fsp3) is 0.273. The molecule has 1 aliphatic carbocycles. The first-order chi connectivity index (χ1) is 13.7. The highest BCUT2D eigenvalue weighted by Crippen LogP contribution is 2.31. The SMILES string of the molecule is O=C1C=C(Oc2ccccc2)C(=O)c2c(OCCN3CCOCC3)cccc21. The van der Waals surface area contributed by atoms with E-state index in [9.17, 15) is 9.59 Å². The normalized spacial score (nSPS) is 17.1. The molecule has 1 heterocycles. The van der Waals surface area contributed by atoms with Crippen molar-refractivity contribution in [3.63, 3.8) is 0 Å². The number of carbonyl (C=O) groups excluding carboxylic acids is 2. The van der Waals surface area contributed by atoms with E-state index in [1.807, 2.05) is 6.07 Å². The van der Waals surface area contributed by atoms with Crippen LogP contribution in [0.4, 0.5) is 0 Å². The number of ketones is 2. The van der Waals surface area contributed by atoms with Gasteiger partial charge in [0.25, 0.3) is 0 Å². The molecule has 1 saturated heterocycles. The van der Waals surface area contributed by atoms with E-state index in [4.69, 9.17) is 14.2 Å². The van der Waals surface area contributed by atoms with Crippen molar-refractivity contribution in [2.45, 2.75) is 0 Å². The highest BCUT2D eigenvalue weighted by atomic mass is 16.5. The molecule has 0 amide bonds. The lowest BCUT2D eigenvalue weighted by Gasteiger charge is -2.26. The van der Waals surface area contributed by atoms with Gasteiger partial charge in [-0.05, 0) is 18.2 Å². The number of nitrogens with zero attached hydrogens (tertiary/aromatic N) is 1. The summed E-state index contributed by atoms with van der Waals surface area (Å²) in [6.45, 7) is 4.34. The zero-order chi connectivity index (χ0) is 19.3. The second-order valence-electron chi connectivity index (χ2n) is 6.60. The van der Waals surface area contributed by atoms with Crippen molar-refractivity contribution in [3.8, 4) is 11.5 Å². The number of rotatable bonds is 6. The van der Waals surface area contributed by atoms with Gasteiger partial charge in [0.05, 0.1) is 18.8 Å². The Kier molecular flexibility index (Phi) is 5.50. The first kappa shape index (κ1) is 18.4. The highest BCUT2D eigenvalue weighted by molar-refractivity contribution is 6.25. The predicted molar refractivity (Wildman–Crippen MR) is 103 cm³/mol. The van der Waals surface area contributed by atoms with Crippen molar-refractivity contribution in [3.05, 3.63) is 71.5 Å². The molecule has 0 spiro atoms. The average Bonchev–Trinajstić information content (AvgIpc) is 2.73. The number of morpholine rings is 1. The van der Waals surface area contributed by atoms with Crippen molar-refractivity contribution < 1.29 is 23.8 Å². The van der Waals surface area contributed by atoms with Crippen LogP contribution in [0, 0.1) is 0 Å². The maximum absolute atomic E-state index is 13.0. The van der Waals surface area contributed by atoms with Crippen LogP contribution in [-0.4, -0.2) is 55.9 Å². The van der Waals surface area contributed by atoms with Crippen LogP contribution in [0.5, 0.6) is 11.5 Å². The first-order valence-electron chi connectivity index (χ1n) is 9.32. The van der Waals surface area contributed by atoms with Gasteiger partial charge in [0.15, 0.2) is 11.5 Å². The molecule has 0 aromatic heterocycles. The van der Waals surface area contributed by atoms with Gasteiger partial charge in [-0.1, -0.05) is 30.3 Å².